The van der Waals surface area contributed by atoms with Gasteiger partial charge in [0.2, 0.25) is 0 Å². The van der Waals surface area contributed by atoms with E-state index in [0.717, 1.165) is 5.69 Å². The Hall–Kier alpha value is -1.98. The fourth-order valence-corrected chi connectivity index (χ4v) is 2.74. The van der Waals surface area contributed by atoms with E-state index in [1.54, 1.807) is 15.5 Å². The van der Waals surface area contributed by atoms with E-state index >= 15 is 0 Å². The van der Waals surface area contributed by atoms with Crippen molar-refractivity contribution in [2.75, 3.05) is 24.5 Å². The van der Waals surface area contributed by atoms with Gasteiger partial charge in [0.05, 0.1) is 0 Å². The Kier molecular flexibility index (Phi) is 5.02. The van der Waals surface area contributed by atoms with Gasteiger partial charge in [-0.25, -0.2) is 4.79 Å². The molecule has 6 nitrogen and oxygen atoms in total. The fourth-order valence-electron chi connectivity index (χ4n) is 2.74. The second-order valence-corrected chi connectivity index (χ2v) is 6.98. The van der Waals surface area contributed by atoms with Crippen molar-refractivity contribution in [2.45, 2.75) is 52.8 Å². The first-order valence-corrected chi connectivity index (χ1v) is 8.16. The Morgan fingerprint density at radius 1 is 1.35 bits per heavy atom. The van der Waals surface area contributed by atoms with Gasteiger partial charge in [-0.1, -0.05) is 0 Å². The number of rotatable bonds is 2. The van der Waals surface area contributed by atoms with Crippen molar-refractivity contribution in [3.63, 3.8) is 0 Å². The fraction of sp³-hybridized carbons (Fsp3) is 0.647. The summed E-state index contributed by atoms with van der Waals surface area (Å²) >= 11 is 0. The summed E-state index contributed by atoms with van der Waals surface area (Å²) < 4.78 is 7.12. The molecule has 0 bridgehead atoms. The lowest BCUT2D eigenvalue weighted by Gasteiger charge is -2.41. The Morgan fingerprint density at radius 3 is 2.57 bits per heavy atom. The van der Waals surface area contributed by atoms with E-state index in [1.807, 2.05) is 46.9 Å². The number of aryl methyl sites for hydroxylation is 1. The van der Waals surface area contributed by atoms with Crippen molar-refractivity contribution in [2.24, 2.45) is 0 Å². The van der Waals surface area contributed by atoms with Gasteiger partial charge in [0.1, 0.15) is 5.60 Å². The van der Waals surface area contributed by atoms with Gasteiger partial charge in [-0.05, 0) is 40.7 Å². The zero-order valence-corrected chi connectivity index (χ0v) is 14.7. The zero-order valence-electron chi connectivity index (χ0n) is 14.7. The average molecular weight is 321 g/mol. The molecule has 128 valence electrons. The lowest BCUT2D eigenvalue weighted by molar-refractivity contribution is 0.0159. The molecule has 23 heavy (non-hydrogen) atoms. The summed E-state index contributed by atoms with van der Waals surface area (Å²) in [5, 5.41) is 0. The molecule has 1 atom stereocenters. The number of nitrogens with zero attached hydrogens (tertiary/aromatic N) is 3. The lowest BCUT2D eigenvalue weighted by Crippen LogP contribution is -2.55. The quantitative estimate of drug-likeness (QED) is 0.839. The van der Waals surface area contributed by atoms with E-state index in [4.69, 9.17) is 4.74 Å². The third-order valence-electron chi connectivity index (χ3n) is 3.94. The number of carbonyl (C=O) groups excluding carboxylic acids is 1. The van der Waals surface area contributed by atoms with E-state index in [0.29, 0.717) is 26.2 Å². The van der Waals surface area contributed by atoms with Crippen LogP contribution in [0, 0.1) is 0 Å². The Balaban J connectivity index is 2.05. The first-order chi connectivity index (χ1) is 10.7. The molecule has 1 amide bonds. The van der Waals surface area contributed by atoms with Gasteiger partial charge >= 0.3 is 6.09 Å². The topological polar surface area (TPSA) is 54.8 Å². The summed E-state index contributed by atoms with van der Waals surface area (Å²) in [5.41, 5.74) is 0.432. The normalized spacial score (nSPS) is 18.9. The number of carbonyl (C=O) groups is 1. The smallest absolute Gasteiger partial charge is 0.410 e. The molecule has 0 saturated carbocycles. The number of hydrogen-bond acceptors (Lipinski definition) is 4. The van der Waals surface area contributed by atoms with E-state index in [9.17, 15) is 9.59 Å². The maximum Gasteiger partial charge on any atom is 0.410 e. The van der Waals surface area contributed by atoms with Crippen molar-refractivity contribution in [3.05, 3.63) is 28.7 Å². The van der Waals surface area contributed by atoms with Gasteiger partial charge in [0, 0.05) is 50.2 Å². The van der Waals surface area contributed by atoms with Crippen LogP contribution in [0.5, 0.6) is 0 Å². The Bertz CT molecular complexity index is 618. The minimum atomic E-state index is -0.487. The van der Waals surface area contributed by atoms with E-state index < -0.39 is 5.60 Å². The zero-order chi connectivity index (χ0) is 17.2. The monoisotopic (exact) mass is 321 g/mol. The van der Waals surface area contributed by atoms with Crippen LogP contribution in [0.2, 0.25) is 0 Å². The molecule has 2 rings (SSSR count). The van der Waals surface area contributed by atoms with Crippen LogP contribution in [-0.2, 0) is 11.3 Å². The second-order valence-electron chi connectivity index (χ2n) is 6.98. The minimum absolute atomic E-state index is 0.00669. The molecule has 6 heteroatoms. The van der Waals surface area contributed by atoms with Gasteiger partial charge < -0.3 is 19.1 Å². The van der Waals surface area contributed by atoms with Crippen molar-refractivity contribution < 1.29 is 9.53 Å². The van der Waals surface area contributed by atoms with Crippen molar-refractivity contribution in [3.8, 4) is 0 Å². The number of piperazine rings is 1. The van der Waals surface area contributed by atoms with Crippen LogP contribution in [0.3, 0.4) is 0 Å². The van der Waals surface area contributed by atoms with E-state index in [2.05, 4.69) is 4.90 Å². The molecule has 0 unspecified atom stereocenters. The number of ether oxygens (including phenoxy) is 1. The molecule has 1 saturated heterocycles. The van der Waals surface area contributed by atoms with Crippen molar-refractivity contribution in [1.29, 1.82) is 0 Å². The van der Waals surface area contributed by atoms with Crippen LogP contribution in [-0.4, -0.2) is 46.8 Å². The standard InChI is InChI=1S/C17H27N3O3/c1-6-18-8-7-14(11-15(18)21)19-9-10-20(13(2)12-19)16(22)23-17(3,4)5/h7-8,11,13H,6,9-10,12H2,1-5H3/t13-/m1/s1. The molecular formula is C17H27N3O3. The highest BCUT2D eigenvalue weighted by Gasteiger charge is 2.30. The largest absolute Gasteiger partial charge is 0.444 e. The van der Waals surface area contributed by atoms with Crippen LogP contribution in [0.4, 0.5) is 10.5 Å². The average Bonchev–Trinajstić information content (AvgIpc) is 2.45. The number of hydrogen-bond donors (Lipinski definition) is 0. The van der Waals surface area contributed by atoms with Gasteiger partial charge in [-0.15, -0.1) is 0 Å². The first kappa shape index (κ1) is 17.4. The molecule has 0 aliphatic carbocycles. The highest BCUT2D eigenvalue weighted by molar-refractivity contribution is 5.69. The van der Waals surface area contributed by atoms with Crippen molar-refractivity contribution >= 4 is 11.8 Å². The molecule has 1 aliphatic heterocycles. The minimum Gasteiger partial charge on any atom is -0.444 e. The first-order valence-electron chi connectivity index (χ1n) is 8.16. The summed E-state index contributed by atoms with van der Waals surface area (Å²) in [7, 11) is 0. The summed E-state index contributed by atoms with van der Waals surface area (Å²) in [6, 6.07) is 3.66. The Labute approximate surface area is 137 Å². The van der Waals surface area contributed by atoms with Crippen LogP contribution in [0.15, 0.2) is 23.1 Å². The highest BCUT2D eigenvalue weighted by Crippen LogP contribution is 2.19. The molecule has 0 N–H and O–H groups in total. The third kappa shape index (κ3) is 4.27. The van der Waals surface area contributed by atoms with Crippen LogP contribution >= 0.6 is 0 Å². The third-order valence-corrected chi connectivity index (χ3v) is 3.94. The predicted molar refractivity (Wildman–Crippen MR) is 91.0 cm³/mol. The van der Waals surface area contributed by atoms with E-state index in [-0.39, 0.29) is 17.7 Å². The van der Waals surface area contributed by atoms with Crippen LogP contribution < -0.4 is 10.5 Å². The highest BCUT2D eigenvalue weighted by atomic mass is 16.6. The molecule has 0 aromatic carbocycles. The molecule has 1 fully saturated rings. The number of aromatic nitrogens is 1. The van der Waals surface area contributed by atoms with Gasteiger partial charge in [-0.2, -0.15) is 0 Å². The number of anilines is 1. The molecular weight excluding hydrogens is 294 g/mol. The summed E-state index contributed by atoms with van der Waals surface area (Å²) in [6.07, 6.45) is 1.55. The molecule has 2 heterocycles. The number of pyridine rings is 1. The van der Waals surface area contributed by atoms with Gasteiger partial charge in [-0.3, -0.25) is 4.79 Å². The van der Waals surface area contributed by atoms with Gasteiger partial charge in [0.25, 0.3) is 5.56 Å². The lowest BCUT2D eigenvalue weighted by atomic mass is 10.1. The van der Waals surface area contributed by atoms with Crippen LogP contribution in [0.25, 0.3) is 0 Å². The maximum absolute atomic E-state index is 12.2. The molecule has 0 spiro atoms. The number of amides is 1. The summed E-state index contributed by atoms with van der Waals surface area (Å²) in [5.74, 6) is 0. The van der Waals surface area contributed by atoms with Crippen LogP contribution in [0.1, 0.15) is 34.6 Å². The maximum atomic E-state index is 12.2. The molecule has 1 aliphatic rings. The molecule has 1 aromatic rings. The Morgan fingerprint density at radius 2 is 2.04 bits per heavy atom. The SMILES string of the molecule is CCn1ccc(N2CCN(C(=O)OC(C)(C)C)[C@H](C)C2)cc1=O. The van der Waals surface area contributed by atoms with E-state index in [1.165, 1.54) is 0 Å². The summed E-state index contributed by atoms with van der Waals surface area (Å²) in [6.45, 7) is 12.2. The molecule has 1 aromatic heterocycles. The predicted octanol–water partition coefficient (Wildman–Crippen LogP) is 2.31. The second kappa shape index (κ2) is 6.64. The van der Waals surface area contributed by atoms with Gasteiger partial charge in [0.15, 0.2) is 0 Å². The summed E-state index contributed by atoms with van der Waals surface area (Å²) in [4.78, 5) is 28.1. The van der Waals surface area contributed by atoms with Crippen molar-refractivity contribution in [1.82, 2.24) is 9.47 Å². The molecule has 0 radical (unpaired) electrons.